The van der Waals surface area contributed by atoms with Gasteiger partial charge in [0.15, 0.2) is 17.5 Å². The summed E-state index contributed by atoms with van der Waals surface area (Å²) in [4.78, 5) is 15.2. The molecule has 0 saturated heterocycles. The Bertz CT molecular complexity index is 3610. The van der Waals surface area contributed by atoms with Crippen molar-refractivity contribution in [2.45, 2.75) is 46.0 Å². The van der Waals surface area contributed by atoms with E-state index in [9.17, 15) is 0 Å². The van der Waals surface area contributed by atoms with Crippen LogP contribution in [0.4, 0.5) is 0 Å². The van der Waals surface area contributed by atoms with Gasteiger partial charge in [-0.3, -0.25) is 0 Å². The maximum Gasteiger partial charge on any atom is 0.164 e. The zero-order chi connectivity index (χ0) is 44.1. The number of nitrogens with zero attached hydrogens (tertiary/aromatic N) is 4. The predicted octanol–water partition coefficient (Wildman–Crippen LogP) is 16.1. The third-order valence-electron chi connectivity index (χ3n) is 15.9. The molecule has 0 spiro atoms. The van der Waals surface area contributed by atoms with Gasteiger partial charge in [0.1, 0.15) is 11.2 Å². The van der Waals surface area contributed by atoms with E-state index in [4.69, 9.17) is 19.4 Å². The van der Waals surface area contributed by atoms with Crippen LogP contribution < -0.4 is 0 Å². The first kappa shape index (κ1) is 38.8. The number of fused-ring (bicyclic) bond motifs is 8. The summed E-state index contributed by atoms with van der Waals surface area (Å²) in [6.07, 6.45) is 4.00. The highest BCUT2D eigenvalue weighted by atomic mass is 16.3. The minimum atomic E-state index is 0.373. The predicted molar refractivity (Wildman–Crippen MR) is 271 cm³/mol. The van der Waals surface area contributed by atoms with Gasteiger partial charge in [-0.05, 0) is 124 Å². The molecule has 5 heteroatoms. The SMILES string of the molecule is CC12C[C@H](CCC1c1ccc(-c3ccc4c(c3)c3cc(-c5ccc6oc7cccc(-c8nc(-c9ccccc9)nc(-c9ccccc9)n8)c7c6c5)ccc3n4-c3ccccc3)cc1)C2(C)C. The van der Waals surface area contributed by atoms with Crippen LogP contribution in [0.5, 0.6) is 0 Å². The van der Waals surface area contributed by atoms with Gasteiger partial charge in [-0.1, -0.05) is 154 Å². The highest BCUT2D eigenvalue weighted by Crippen LogP contribution is 2.72. The van der Waals surface area contributed by atoms with Crippen molar-refractivity contribution in [3.63, 3.8) is 0 Å². The first-order chi connectivity index (χ1) is 32.3. The quantitative estimate of drug-likeness (QED) is 0.160. The van der Waals surface area contributed by atoms with Crippen LogP contribution in [-0.2, 0) is 0 Å². The fourth-order valence-electron chi connectivity index (χ4n) is 11.9. The third kappa shape index (κ3) is 5.95. The monoisotopic (exact) mass is 852 g/mol. The van der Waals surface area contributed by atoms with Crippen LogP contribution in [0, 0.1) is 16.7 Å². The number of hydrogen-bond acceptors (Lipinski definition) is 4. The Morgan fingerprint density at radius 3 is 1.64 bits per heavy atom. The minimum absolute atomic E-state index is 0.373. The van der Waals surface area contributed by atoms with Crippen LogP contribution in [0.1, 0.15) is 51.5 Å². The van der Waals surface area contributed by atoms with Crippen molar-refractivity contribution < 1.29 is 4.42 Å². The second kappa shape index (κ2) is 14.7. The number of rotatable bonds is 7. The molecular weight excluding hydrogens is 805 g/mol. The van der Waals surface area contributed by atoms with E-state index >= 15 is 0 Å². The van der Waals surface area contributed by atoms with Crippen LogP contribution in [0.3, 0.4) is 0 Å². The largest absolute Gasteiger partial charge is 0.456 e. The third-order valence-corrected chi connectivity index (χ3v) is 15.9. The van der Waals surface area contributed by atoms with E-state index in [1.54, 1.807) is 0 Å². The average molecular weight is 853 g/mol. The van der Waals surface area contributed by atoms with Gasteiger partial charge in [-0.25, -0.2) is 15.0 Å². The lowest BCUT2D eigenvalue weighted by atomic mass is 9.37. The Morgan fingerprint density at radius 2 is 1.02 bits per heavy atom. The van der Waals surface area contributed by atoms with E-state index in [0.29, 0.717) is 34.2 Å². The molecule has 3 atom stereocenters. The molecule has 5 nitrogen and oxygen atoms in total. The lowest BCUT2D eigenvalue weighted by Crippen LogP contribution is -2.59. The highest BCUT2D eigenvalue weighted by Gasteiger charge is 2.62. The summed E-state index contributed by atoms with van der Waals surface area (Å²) in [5, 5.41) is 4.44. The van der Waals surface area contributed by atoms with Crippen LogP contribution in [0.25, 0.3) is 106 Å². The van der Waals surface area contributed by atoms with Crippen molar-refractivity contribution in [2.24, 2.45) is 16.7 Å². The molecule has 66 heavy (non-hydrogen) atoms. The van der Waals surface area contributed by atoms with Crippen molar-refractivity contribution in [3.8, 4) is 62.1 Å². The van der Waals surface area contributed by atoms with Gasteiger partial charge < -0.3 is 8.98 Å². The lowest BCUT2D eigenvalue weighted by Gasteiger charge is -2.68. The number of furan rings is 1. The number of benzene rings is 8. The maximum absolute atomic E-state index is 6.56. The van der Waals surface area contributed by atoms with Gasteiger partial charge in [0, 0.05) is 43.9 Å². The van der Waals surface area contributed by atoms with E-state index < -0.39 is 0 Å². The first-order valence-corrected chi connectivity index (χ1v) is 23.4. The summed E-state index contributed by atoms with van der Waals surface area (Å²) in [6.45, 7) is 7.55. The van der Waals surface area contributed by atoms with Gasteiger partial charge in [0.25, 0.3) is 0 Å². The van der Waals surface area contributed by atoms with Gasteiger partial charge in [0.2, 0.25) is 0 Å². The van der Waals surface area contributed by atoms with Crippen LogP contribution in [0.2, 0.25) is 0 Å². The van der Waals surface area contributed by atoms with Crippen molar-refractivity contribution in [1.82, 2.24) is 19.5 Å². The molecule has 2 unspecified atom stereocenters. The molecule has 3 heterocycles. The zero-order valence-electron chi connectivity index (χ0n) is 37.4. The molecule has 3 aliphatic rings. The molecule has 3 aliphatic carbocycles. The smallest absolute Gasteiger partial charge is 0.164 e. The molecule has 0 amide bonds. The molecule has 3 saturated carbocycles. The highest BCUT2D eigenvalue weighted by molar-refractivity contribution is 6.14. The molecule has 2 bridgehead atoms. The van der Waals surface area contributed by atoms with E-state index in [-0.39, 0.29) is 0 Å². The molecule has 0 aliphatic heterocycles. The fraction of sp³-hybridized carbons (Fsp3) is 0.164. The standard InChI is InChI=1S/C61H48N4O/c1-60(2)45-29-30-51(61(60,3)37-45)39-24-22-38(23-25-39)42-26-31-52-48(34-42)49-35-43(27-32-53(49)65(52)46-18-11-6-12-19-46)44-28-33-54-50(36-44)56-47(20-13-21-55(56)66-54)59-63-57(40-14-7-4-8-15-40)62-58(64-59)41-16-9-5-10-17-41/h4-28,31-36,45,51H,29-30,37H2,1-3H3/t45-,51?,61?/m0/s1. The summed E-state index contributed by atoms with van der Waals surface area (Å²) < 4.78 is 8.96. The van der Waals surface area contributed by atoms with Gasteiger partial charge >= 0.3 is 0 Å². The summed E-state index contributed by atoms with van der Waals surface area (Å²) in [6, 6.07) is 67.1. The second-order valence-corrected chi connectivity index (χ2v) is 19.5. The molecular formula is C61H48N4O. The summed E-state index contributed by atoms with van der Waals surface area (Å²) in [5.41, 5.74) is 14.9. The molecule has 318 valence electrons. The summed E-state index contributed by atoms with van der Waals surface area (Å²) in [7, 11) is 0. The molecule has 8 aromatic carbocycles. The molecule has 14 rings (SSSR count). The van der Waals surface area contributed by atoms with Crippen molar-refractivity contribution in [2.75, 3.05) is 0 Å². The Kier molecular flexibility index (Phi) is 8.64. The number of para-hydroxylation sites is 1. The van der Waals surface area contributed by atoms with Crippen LogP contribution in [0.15, 0.2) is 192 Å². The Labute approximate surface area is 384 Å². The van der Waals surface area contributed by atoms with Crippen LogP contribution in [-0.4, -0.2) is 19.5 Å². The molecule has 3 fully saturated rings. The maximum atomic E-state index is 6.56. The first-order valence-electron chi connectivity index (χ1n) is 23.4. The van der Waals surface area contributed by atoms with Crippen molar-refractivity contribution in [3.05, 3.63) is 194 Å². The Balaban J connectivity index is 0.934. The molecule has 0 N–H and O–H groups in total. The van der Waals surface area contributed by atoms with Crippen molar-refractivity contribution in [1.29, 1.82) is 0 Å². The number of hydrogen-bond donors (Lipinski definition) is 0. The van der Waals surface area contributed by atoms with Crippen molar-refractivity contribution >= 4 is 43.7 Å². The summed E-state index contributed by atoms with van der Waals surface area (Å²) in [5.74, 6) is 3.35. The lowest BCUT2D eigenvalue weighted by molar-refractivity contribution is -0.163. The van der Waals surface area contributed by atoms with E-state index in [1.165, 1.54) is 57.8 Å². The molecule has 0 radical (unpaired) electrons. The normalized spacial score (nSPS) is 18.8. The zero-order valence-corrected chi connectivity index (χ0v) is 37.4. The topological polar surface area (TPSA) is 56.7 Å². The Morgan fingerprint density at radius 1 is 0.470 bits per heavy atom. The van der Waals surface area contributed by atoms with Gasteiger partial charge in [-0.2, -0.15) is 0 Å². The average Bonchev–Trinajstić information content (AvgIpc) is 3.92. The van der Waals surface area contributed by atoms with E-state index in [0.717, 1.165) is 61.4 Å². The minimum Gasteiger partial charge on any atom is -0.456 e. The van der Waals surface area contributed by atoms with E-state index in [1.807, 2.05) is 72.8 Å². The Hall–Kier alpha value is -7.63. The molecule has 3 aromatic heterocycles. The molecule has 11 aromatic rings. The fourth-order valence-corrected chi connectivity index (χ4v) is 11.9. The van der Waals surface area contributed by atoms with Gasteiger partial charge in [-0.15, -0.1) is 0 Å². The second-order valence-electron chi connectivity index (χ2n) is 19.5. The van der Waals surface area contributed by atoms with E-state index in [2.05, 4.69) is 141 Å². The summed E-state index contributed by atoms with van der Waals surface area (Å²) >= 11 is 0. The number of aromatic nitrogens is 4. The van der Waals surface area contributed by atoms with Gasteiger partial charge in [0.05, 0.1) is 11.0 Å². The van der Waals surface area contributed by atoms with Crippen LogP contribution >= 0.6 is 0 Å².